The summed E-state index contributed by atoms with van der Waals surface area (Å²) in [5.74, 6) is 0.932. The predicted octanol–water partition coefficient (Wildman–Crippen LogP) is 3.43. The van der Waals surface area contributed by atoms with E-state index in [0.717, 1.165) is 17.9 Å². The maximum Gasteiger partial charge on any atom is 0.130 e. The zero-order valence-electron chi connectivity index (χ0n) is 10.3. The van der Waals surface area contributed by atoms with Crippen LogP contribution < -0.4 is 5.32 Å². The van der Waals surface area contributed by atoms with E-state index in [1.54, 1.807) is 12.3 Å². The molecular weight excluding hydrogens is 269 g/mol. The summed E-state index contributed by atoms with van der Waals surface area (Å²) in [6.07, 6.45) is 3.70. The van der Waals surface area contributed by atoms with Crippen molar-refractivity contribution in [2.75, 3.05) is 6.54 Å². The van der Waals surface area contributed by atoms with Gasteiger partial charge in [0.25, 0.3) is 0 Å². The topological polar surface area (TPSA) is 29.9 Å². The summed E-state index contributed by atoms with van der Waals surface area (Å²) in [6, 6.07) is 5.51. The van der Waals surface area contributed by atoms with E-state index < -0.39 is 0 Å². The van der Waals surface area contributed by atoms with Gasteiger partial charge in [0, 0.05) is 29.5 Å². The third-order valence-electron chi connectivity index (χ3n) is 2.80. The summed E-state index contributed by atoms with van der Waals surface area (Å²) in [5, 5.41) is 4.68. The fourth-order valence-corrected chi connectivity index (χ4v) is 2.45. The summed E-state index contributed by atoms with van der Waals surface area (Å²) < 4.78 is 1.98. The Labute approximate surface area is 117 Å². The van der Waals surface area contributed by atoms with Crippen molar-refractivity contribution in [1.82, 2.24) is 14.9 Å². The molecule has 0 spiro atoms. The van der Waals surface area contributed by atoms with E-state index in [-0.39, 0.29) is 6.04 Å². The first-order valence-corrected chi connectivity index (χ1v) is 6.54. The molecule has 1 aromatic heterocycles. The van der Waals surface area contributed by atoms with Crippen LogP contribution >= 0.6 is 23.2 Å². The zero-order chi connectivity index (χ0) is 13.1. The molecule has 1 atom stereocenters. The van der Waals surface area contributed by atoms with Crippen LogP contribution in [0, 0.1) is 0 Å². The lowest BCUT2D eigenvalue weighted by Crippen LogP contribution is -2.25. The van der Waals surface area contributed by atoms with Crippen molar-refractivity contribution in [2.45, 2.75) is 13.0 Å². The fourth-order valence-electron chi connectivity index (χ4n) is 1.94. The molecule has 0 amide bonds. The lowest BCUT2D eigenvalue weighted by atomic mass is 10.1. The van der Waals surface area contributed by atoms with Gasteiger partial charge < -0.3 is 9.88 Å². The van der Waals surface area contributed by atoms with E-state index in [1.165, 1.54) is 0 Å². The van der Waals surface area contributed by atoms with Crippen LogP contribution in [0.5, 0.6) is 0 Å². The standard InChI is InChI=1S/C13H15Cl2N3/c1-3-16-12(13-17-6-7-18(13)2)10-5-4-9(14)8-11(10)15/h4-8,12,16H,3H2,1-2H3. The second kappa shape index (κ2) is 5.74. The number of hydrogen-bond acceptors (Lipinski definition) is 2. The number of hydrogen-bond donors (Lipinski definition) is 1. The molecule has 1 heterocycles. The molecule has 0 saturated heterocycles. The van der Waals surface area contributed by atoms with Gasteiger partial charge in [-0.05, 0) is 24.2 Å². The Balaban J connectivity index is 2.45. The average molecular weight is 284 g/mol. The van der Waals surface area contributed by atoms with Crippen molar-refractivity contribution in [2.24, 2.45) is 7.05 Å². The molecule has 0 radical (unpaired) electrons. The number of halogens is 2. The Morgan fingerprint density at radius 1 is 1.39 bits per heavy atom. The minimum absolute atomic E-state index is 0.0280. The average Bonchev–Trinajstić information content (AvgIpc) is 2.73. The summed E-state index contributed by atoms with van der Waals surface area (Å²) in [5.41, 5.74) is 0.984. The van der Waals surface area contributed by atoms with Crippen LogP contribution in [-0.2, 0) is 7.05 Å². The van der Waals surface area contributed by atoms with Crippen LogP contribution in [-0.4, -0.2) is 16.1 Å². The molecule has 18 heavy (non-hydrogen) atoms. The molecule has 2 rings (SSSR count). The molecule has 0 fully saturated rings. The fraction of sp³-hybridized carbons (Fsp3) is 0.308. The first kappa shape index (κ1) is 13.4. The van der Waals surface area contributed by atoms with Gasteiger partial charge in [-0.3, -0.25) is 0 Å². The van der Waals surface area contributed by atoms with E-state index in [9.17, 15) is 0 Å². The number of aryl methyl sites for hydroxylation is 1. The van der Waals surface area contributed by atoms with Crippen LogP contribution in [0.1, 0.15) is 24.4 Å². The monoisotopic (exact) mass is 283 g/mol. The van der Waals surface area contributed by atoms with Crippen LogP contribution in [0.2, 0.25) is 10.0 Å². The highest BCUT2D eigenvalue weighted by Crippen LogP contribution is 2.29. The molecule has 1 aromatic carbocycles. The number of benzene rings is 1. The molecule has 3 nitrogen and oxygen atoms in total. The molecule has 0 saturated carbocycles. The van der Waals surface area contributed by atoms with Crippen molar-refractivity contribution in [3.63, 3.8) is 0 Å². The van der Waals surface area contributed by atoms with Crippen molar-refractivity contribution in [3.05, 3.63) is 52.0 Å². The molecule has 2 aromatic rings. The van der Waals surface area contributed by atoms with Crippen molar-refractivity contribution >= 4 is 23.2 Å². The highest BCUT2D eigenvalue weighted by atomic mass is 35.5. The Kier molecular flexibility index (Phi) is 4.27. The first-order valence-electron chi connectivity index (χ1n) is 5.79. The van der Waals surface area contributed by atoms with E-state index >= 15 is 0 Å². The minimum atomic E-state index is -0.0280. The maximum atomic E-state index is 6.27. The van der Waals surface area contributed by atoms with Crippen molar-refractivity contribution in [1.29, 1.82) is 0 Å². The minimum Gasteiger partial charge on any atom is -0.336 e. The highest BCUT2D eigenvalue weighted by Gasteiger charge is 2.19. The molecule has 1 N–H and O–H groups in total. The quantitative estimate of drug-likeness (QED) is 0.932. The lowest BCUT2D eigenvalue weighted by Gasteiger charge is -2.19. The number of nitrogens with one attached hydrogen (secondary N) is 1. The Hall–Kier alpha value is -1.03. The van der Waals surface area contributed by atoms with Crippen LogP contribution in [0.25, 0.3) is 0 Å². The lowest BCUT2D eigenvalue weighted by molar-refractivity contribution is 0.577. The second-order valence-electron chi connectivity index (χ2n) is 4.05. The molecule has 0 aliphatic rings. The highest BCUT2D eigenvalue weighted by molar-refractivity contribution is 6.35. The van der Waals surface area contributed by atoms with Crippen LogP contribution in [0.15, 0.2) is 30.6 Å². The largest absolute Gasteiger partial charge is 0.336 e. The molecule has 0 aliphatic carbocycles. The summed E-state index contributed by atoms with van der Waals surface area (Å²) in [6.45, 7) is 2.89. The van der Waals surface area contributed by atoms with Gasteiger partial charge in [0.1, 0.15) is 5.82 Å². The molecule has 1 unspecified atom stereocenters. The van der Waals surface area contributed by atoms with Gasteiger partial charge in [0.2, 0.25) is 0 Å². The number of imidazole rings is 1. The van der Waals surface area contributed by atoms with Gasteiger partial charge in [-0.2, -0.15) is 0 Å². The SMILES string of the molecule is CCNC(c1ccc(Cl)cc1Cl)c1nccn1C. The molecule has 0 bridgehead atoms. The van der Waals surface area contributed by atoms with Gasteiger partial charge in [-0.15, -0.1) is 0 Å². The van der Waals surface area contributed by atoms with Crippen LogP contribution in [0.3, 0.4) is 0 Å². The van der Waals surface area contributed by atoms with E-state index in [1.807, 2.05) is 29.9 Å². The van der Waals surface area contributed by atoms with E-state index in [2.05, 4.69) is 17.2 Å². The normalized spacial score (nSPS) is 12.7. The van der Waals surface area contributed by atoms with E-state index in [4.69, 9.17) is 23.2 Å². The number of aromatic nitrogens is 2. The van der Waals surface area contributed by atoms with Gasteiger partial charge >= 0.3 is 0 Å². The van der Waals surface area contributed by atoms with Gasteiger partial charge in [-0.1, -0.05) is 36.2 Å². The third-order valence-corrected chi connectivity index (χ3v) is 3.36. The van der Waals surface area contributed by atoms with Gasteiger partial charge in [0.05, 0.1) is 6.04 Å². The Morgan fingerprint density at radius 3 is 2.72 bits per heavy atom. The predicted molar refractivity (Wildman–Crippen MR) is 75.2 cm³/mol. The summed E-state index contributed by atoms with van der Waals surface area (Å²) in [4.78, 5) is 4.38. The zero-order valence-corrected chi connectivity index (χ0v) is 11.8. The molecule has 5 heteroatoms. The maximum absolute atomic E-state index is 6.27. The van der Waals surface area contributed by atoms with Crippen molar-refractivity contribution in [3.8, 4) is 0 Å². The Morgan fingerprint density at radius 2 is 2.17 bits per heavy atom. The summed E-state index contributed by atoms with van der Waals surface area (Å²) in [7, 11) is 1.97. The van der Waals surface area contributed by atoms with Gasteiger partial charge in [-0.25, -0.2) is 4.98 Å². The van der Waals surface area contributed by atoms with Gasteiger partial charge in [0.15, 0.2) is 0 Å². The second-order valence-corrected chi connectivity index (χ2v) is 4.90. The molecular formula is C13H15Cl2N3. The Bertz CT molecular complexity index is 537. The van der Waals surface area contributed by atoms with Crippen LogP contribution in [0.4, 0.5) is 0 Å². The first-order chi connectivity index (χ1) is 8.63. The third kappa shape index (κ3) is 2.69. The number of nitrogens with zero attached hydrogens (tertiary/aromatic N) is 2. The summed E-state index contributed by atoms with van der Waals surface area (Å²) >= 11 is 12.2. The smallest absolute Gasteiger partial charge is 0.130 e. The molecule has 96 valence electrons. The number of rotatable bonds is 4. The molecule has 0 aliphatic heterocycles. The van der Waals surface area contributed by atoms with E-state index in [0.29, 0.717) is 10.0 Å². The van der Waals surface area contributed by atoms with Crippen molar-refractivity contribution < 1.29 is 0 Å².